The maximum atomic E-state index is 6.56. The van der Waals surface area contributed by atoms with Crippen LogP contribution in [-0.4, -0.2) is 0 Å². The van der Waals surface area contributed by atoms with E-state index >= 15 is 0 Å². The van der Waals surface area contributed by atoms with Gasteiger partial charge < -0.3 is 9.32 Å². The molecule has 2 nitrogen and oxygen atoms in total. The van der Waals surface area contributed by atoms with Gasteiger partial charge in [-0.1, -0.05) is 200 Å². The highest BCUT2D eigenvalue weighted by Crippen LogP contribution is 2.64. The van der Waals surface area contributed by atoms with Crippen molar-refractivity contribution in [2.75, 3.05) is 4.90 Å². The van der Waals surface area contributed by atoms with Crippen LogP contribution >= 0.6 is 0 Å². The molecule has 1 spiro atoms. The molecule has 1 unspecified atom stereocenters. The molecule has 0 amide bonds. The Morgan fingerprint density at radius 3 is 1.60 bits per heavy atom. The van der Waals surface area contributed by atoms with Gasteiger partial charge in [0, 0.05) is 33.1 Å². The largest absolute Gasteiger partial charge is 0.455 e. The maximum absolute atomic E-state index is 6.56. The number of furan rings is 1. The smallest absolute Gasteiger partial charge is 0.143 e. The van der Waals surface area contributed by atoms with Gasteiger partial charge in [0.25, 0.3) is 0 Å². The van der Waals surface area contributed by atoms with Crippen LogP contribution in [0.25, 0.3) is 88.3 Å². The first-order valence-electron chi connectivity index (χ1n) is 23.2. The van der Waals surface area contributed by atoms with Gasteiger partial charge >= 0.3 is 0 Å². The minimum absolute atomic E-state index is 0.509. The van der Waals surface area contributed by atoms with Gasteiger partial charge in [-0.2, -0.15) is 0 Å². The van der Waals surface area contributed by atoms with Crippen LogP contribution in [0.3, 0.4) is 0 Å². The number of benzene rings is 11. The minimum Gasteiger partial charge on any atom is -0.455 e. The Bertz CT molecular complexity index is 3900. The molecule has 0 saturated heterocycles. The van der Waals surface area contributed by atoms with E-state index in [-0.39, 0.29) is 0 Å². The van der Waals surface area contributed by atoms with Crippen LogP contribution in [0.15, 0.2) is 253 Å². The third-order valence-electron chi connectivity index (χ3n) is 14.5. The minimum atomic E-state index is -0.509. The summed E-state index contributed by atoms with van der Waals surface area (Å²) in [5.74, 6) is 0. The number of rotatable bonds is 6. The van der Waals surface area contributed by atoms with E-state index in [0.717, 1.165) is 61.3 Å². The summed E-state index contributed by atoms with van der Waals surface area (Å²) in [6, 6.07) is 91.3. The summed E-state index contributed by atoms with van der Waals surface area (Å²) in [6.07, 6.45) is 0. The topological polar surface area (TPSA) is 16.4 Å². The number of hydrogen-bond acceptors (Lipinski definition) is 2. The van der Waals surface area contributed by atoms with E-state index in [0.29, 0.717) is 0 Å². The van der Waals surface area contributed by atoms with E-state index in [1.807, 2.05) is 0 Å². The number of hydrogen-bond donors (Lipinski definition) is 0. The fourth-order valence-corrected chi connectivity index (χ4v) is 11.5. The van der Waals surface area contributed by atoms with E-state index in [2.05, 4.69) is 254 Å². The predicted molar refractivity (Wildman–Crippen MR) is 279 cm³/mol. The summed E-state index contributed by atoms with van der Waals surface area (Å²) in [4.78, 5) is 2.46. The van der Waals surface area contributed by atoms with Gasteiger partial charge in [-0.3, -0.25) is 0 Å². The monoisotopic (exact) mass is 851 g/mol. The molecule has 67 heavy (non-hydrogen) atoms. The Hall–Kier alpha value is -8.72. The lowest BCUT2D eigenvalue weighted by Gasteiger charge is -2.32. The van der Waals surface area contributed by atoms with Gasteiger partial charge in [-0.15, -0.1) is 0 Å². The zero-order valence-electron chi connectivity index (χ0n) is 36.5. The van der Waals surface area contributed by atoms with Gasteiger partial charge in [-0.05, 0) is 126 Å². The summed E-state index contributed by atoms with van der Waals surface area (Å²) < 4.78 is 6.56. The van der Waals surface area contributed by atoms with Crippen LogP contribution < -0.4 is 4.90 Å². The van der Waals surface area contributed by atoms with Crippen molar-refractivity contribution in [3.63, 3.8) is 0 Å². The molecule has 0 bridgehead atoms. The molecule has 0 N–H and O–H groups in total. The number of anilines is 3. The summed E-state index contributed by atoms with van der Waals surface area (Å²) in [6.45, 7) is 0. The summed E-state index contributed by atoms with van der Waals surface area (Å²) in [5, 5.41) is 4.64. The van der Waals surface area contributed by atoms with Crippen LogP contribution in [0.4, 0.5) is 17.1 Å². The zero-order valence-corrected chi connectivity index (χ0v) is 36.5. The Kier molecular flexibility index (Phi) is 8.23. The highest BCUT2D eigenvalue weighted by atomic mass is 16.3. The van der Waals surface area contributed by atoms with Gasteiger partial charge in [-0.25, -0.2) is 0 Å². The molecule has 11 aromatic carbocycles. The van der Waals surface area contributed by atoms with Gasteiger partial charge in [0.1, 0.15) is 11.2 Å². The number of para-hydroxylation sites is 1. The second-order valence-electron chi connectivity index (χ2n) is 17.9. The molecule has 0 fully saturated rings. The van der Waals surface area contributed by atoms with Gasteiger partial charge in [0.15, 0.2) is 0 Å². The molecular formula is C65H41NO. The predicted octanol–water partition coefficient (Wildman–Crippen LogP) is 17.6. The lowest BCUT2D eigenvalue weighted by molar-refractivity contribution is 0.670. The van der Waals surface area contributed by atoms with Gasteiger partial charge in [0.2, 0.25) is 0 Å². The first kappa shape index (κ1) is 37.6. The number of fused-ring (bicyclic) bond motifs is 14. The fraction of sp³-hybridized carbons (Fsp3) is 0.0154. The van der Waals surface area contributed by atoms with Crippen LogP contribution in [0.2, 0.25) is 0 Å². The molecule has 14 rings (SSSR count). The van der Waals surface area contributed by atoms with E-state index in [4.69, 9.17) is 4.42 Å². The Morgan fingerprint density at radius 2 is 0.821 bits per heavy atom. The molecule has 0 aliphatic heterocycles. The zero-order chi connectivity index (χ0) is 44.1. The van der Waals surface area contributed by atoms with Gasteiger partial charge in [0.05, 0.1) is 11.1 Å². The molecule has 2 aliphatic rings. The molecule has 1 aromatic heterocycles. The average molecular weight is 852 g/mol. The Morgan fingerprint density at radius 1 is 0.299 bits per heavy atom. The van der Waals surface area contributed by atoms with Crippen LogP contribution in [0.5, 0.6) is 0 Å². The van der Waals surface area contributed by atoms with Crippen LogP contribution in [-0.2, 0) is 5.41 Å². The SMILES string of the molecule is c1ccc(-c2ccc3c(c2)C2(c4ccccc4-3)c3ccccc3-c3ccc(N(c4ccc(-c5ccc6oc7c(-c8ccccc8)cccc7c6c5)cc4)c4cccc5ccccc45)cc32)cc1. The first-order chi connectivity index (χ1) is 33.2. The average Bonchev–Trinajstić information content (AvgIpc) is 4.03. The molecule has 2 aliphatic carbocycles. The second kappa shape index (κ2) is 14.7. The Labute approximate surface area is 389 Å². The Balaban J connectivity index is 0.946. The maximum Gasteiger partial charge on any atom is 0.143 e. The molecule has 12 aromatic rings. The fourth-order valence-electron chi connectivity index (χ4n) is 11.5. The summed E-state index contributed by atoms with van der Waals surface area (Å²) in [7, 11) is 0. The standard InChI is InChI=1S/C65H41NO/c1-3-15-42(16-4-1)47-31-36-54-52-22-9-11-26-58(52)65(60(54)40-47)59-27-12-10-23-53(59)55-37-35-49(41-61(55)65)66(62-28-13-20-44-19-7-8-21-50(44)62)48-33-29-43(30-34-48)46-32-38-63-57(39-46)56-25-14-24-51(64(56)67-63)45-17-5-2-6-18-45/h1-41H. The number of nitrogens with zero attached hydrogens (tertiary/aromatic N) is 1. The normalized spacial score (nSPS) is 14.3. The molecule has 312 valence electrons. The van der Waals surface area contributed by atoms with Crippen molar-refractivity contribution < 1.29 is 4.42 Å². The van der Waals surface area contributed by atoms with Crippen molar-refractivity contribution in [1.29, 1.82) is 0 Å². The molecular weight excluding hydrogens is 811 g/mol. The van der Waals surface area contributed by atoms with Crippen molar-refractivity contribution in [3.8, 4) is 55.6 Å². The van der Waals surface area contributed by atoms with E-state index in [1.54, 1.807) is 0 Å². The van der Waals surface area contributed by atoms with Crippen molar-refractivity contribution in [1.82, 2.24) is 0 Å². The summed E-state index contributed by atoms with van der Waals surface area (Å²) in [5.41, 5.74) is 22.1. The molecule has 0 saturated carbocycles. The molecule has 1 heterocycles. The van der Waals surface area contributed by atoms with E-state index in [9.17, 15) is 0 Å². The first-order valence-corrected chi connectivity index (χ1v) is 23.2. The van der Waals surface area contributed by atoms with Crippen molar-refractivity contribution in [2.24, 2.45) is 0 Å². The lowest BCUT2D eigenvalue weighted by Crippen LogP contribution is -2.26. The van der Waals surface area contributed by atoms with Crippen molar-refractivity contribution >= 4 is 49.8 Å². The third-order valence-corrected chi connectivity index (χ3v) is 14.5. The van der Waals surface area contributed by atoms with Crippen LogP contribution in [0, 0.1) is 0 Å². The third kappa shape index (κ3) is 5.57. The molecule has 2 heteroatoms. The van der Waals surface area contributed by atoms with Crippen LogP contribution in [0.1, 0.15) is 22.3 Å². The molecule has 1 atom stereocenters. The summed E-state index contributed by atoms with van der Waals surface area (Å²) >= 11 is 0. The van der Waals surface area contributed by atoms with E-state index < -0.39 is 5.41 Å². The lowest BCUT2D eigenvalue weighted by atomic mass is 9.70. The van der Waals surface area contributed by atoms with E-state index in [1.165, 1.54) is 66.4 Å². The quantitative estimate of drug-likeness (QED) is 0.166. The molecule has 0 radical (unpaired) electrons. The second-order valence-corrected chi connectivity index (χ2v) is 17.9. The highest BCUT2D eigenvalue weighted by Gasteiger charge is 2.52. The van der Waals surface area contributed by atoms with Crippen molar-refractivity contribution in [2.45, 2.75) is 5.41 Å². The highest BCUT2D eigenvalue weighted by molar-refractivity contribution is 6.11. The van der Waals surface area contributed by atoms with Crippen molar-refractivity contribution in [3.05, 3.63) is 271 Å².